The van der Waals surface area contributed by atoms with E-state index in [2.05, 4.69) is 36.0 Å². The van der Waals surface area contributed by atoms with Crippen LogP contribution in [-0.4, -0.2) is 50.3 Å². The molecule has 0 N–H and O–H groups in total. The highest BCUT2D eigenvalue weighted by molar-refractivity contribution is 5.49. The van der Waals surface area contributed by atoms with Crippen LogP contribution >= 0.6 is 0 Å². The molecule has 0 saturated heterocycles. The van der Waals surface area contributed by atoms with E-state index >= 15 is 0 Å². The molecule has 0 atom stereocenters. The summed E-state index contributed by atoms with van der Waals surface area (Å²) in [6.45, 7) is 4.77. The maximum absolute atomic E-state index is 5.45. The fraction of sp³-hybridized carbons (Fsp3) is 0.571. The Balaban J connectivity index is 1.72. The third-order valence-corrected chi connectivity index (χ3v) is 3.65. The molecule has 4 nitrogen and oxygen atoms in total. The van der Waals surface area contributed by atoms with E-state index in [0.717, 1.165) is 44.1 Å². The van der Waals surface area contributed by atoms with Gasteiger partial charge in [0.25, 0.3) is 0 Å². The van der Waals surface area contributed by atoms with Crippen LogP contribution in [0.1, 0.15) is 11.1 Å². The molecule has 0 saturated carbocycles. The Morgan fingerprint density at radius 3 is 2.61 bits per heavy atom. The fourth-order valence-electron chi connectivity index (χ4n) is 2.54. The first-order chi connectivity index (χ1) is 8.72. The minimum atomic E-state index is 0.364. The Hall–Kier alpha value is -1.26. The number of hydrogen-bond acceptors (Lipinski definition) is 4. The van der Waals surface area contributed by atoms with Crippen LogP contribution in [0.25, 0.3) is 0 Å². The van der Waals surface area contributed by atoms with E-state index in [-0.39, 0.29) is 0 Å². The van der Waals surface area contributed by atoms with Gasteiger partial charge in [-0.2, -0.15) is 0 Å². The van der Waals surface area contributed by atoms with Crippen LogP contribution in [0.15, 0.2) is 12.1 Å². The maximum atomic E-state index is 5.45. The number of nitrogens with zero attached hydrogens (tertiary/aromatic N) is 2. The van der Waals surface area contributed by atoms with Crippen LogP contribution in [0.4, 0.5) is 0 Å². The van der Waals surface area contributed by atoms with E-state index in [9.17, 15) is 0 Å². The van der Waals surface area contributed by atoms with Gasteiger partial charge in [0, 0.05) is 26.2 Å². The molecule has 0 fully saturated rings. The summed E-state index contributed by atoms with van der Waals surface area (Å²) in [5.41, 5.74) is 2.81. The molecule has 2 aliphatic heterocycles. The lowest BCUT2D eigenvalue weighted by Gasteiger charge is -2.29. The van der Waals surface area contributed by atoms with Gasteiger partial charge in [-0.3, -0.25) is 4.90 Å². The van der Waals surface area contributed by atoms with Crippen molar-refractivity contribution in [1.29, 1.82) is 0 Å². The first-order valence-electron chi connectivity index (χ1n) is 6.51. The van der Waals surface area contributed by atoms with E-state index in [1.54, 1.807) is 0 Å². The summed E-state index contributed by atoms with van der Waals surface area (Å²) in [5.74, 6) is 1.82. The number of hydrogen-bond donors (Lipinski definition) is 0. The lowest BCUT2D eigenvalue weighted by Crippen LogP contribution is -2.35. The molecule has 1 aromatic rings. The minimum Gasteiger partial charge on any atom is -0.454 e. The molecule has 0 bridgehead atoms. The smallest absolute Gasteiger partial charge is 0.231 e. The first-order valence-corrected chi connectivity index (χ1v) is 6.51. The van der Waals surface area contributed by atoms with Crippen molar-refractivity contribution in [2.24, 2.45) is 0 Å². The van der Waals surface area contributed by atoms with Crippen LogP contribution < -0.4 is 9.47 Å². The molecule has 2 aliphatic rings. The molecular formula is C14H20N2O2. The molecule has 0 amide bonds. The third-order valence-electron chi connectivity index (χ3n) is 3.65. The van der Waals surface area contributed by atoms with Gasteiger partial charge >= 0.3 is 0 Å². The van der Waals surface area contributed by atoms with Crippen molar-refractivity contribution in [3.63, 3.8) is 0 Å². The lowest BCUT2D eigenvalue weighted by molar-refractivity contribution is 0.174. The van der Waals surface area contributed by atoms with Crippen molar-refractivity contribution >= 4 is 0 Å². The highest BCUT2D eigenvalue weighted by Gasteiger charge is 2.21. The number of benzene rings is 1. The van der Waals surface area contributed by atoms with Crippen LogP contribution in [0.3, 0.4) is 0 Å². The summed E-state index contributed by atoms with van der Waals surface area (Å²) in [7, 11) is 4.24. The van der Waals surface area contributed by atoms with Crippen LogP contribution in [-0.2, 0) is 13.0 Å². The van der Waals surface area contributed by atoms with Crippen molar-refractivity contribution in [1.82, 2.24) is 9.80 Å². The molecule has 4 heteroatoms. The topological polar surface area (TPSA) is 24.9 Å². The van der Waals surface area contributed by atoms with Gasteiger partial charge in [0.2, 0.25) is 6.79 Å². The van der Waals surface area contributed by atoms with Gasteiger partial charge in [-0.05, 0) is 43.8 Å². The predicted octanol–water partition coefficient (Wildman–Crippen LogP) is 1.33. The number of ether oxygens (including phenoxy) is 2. The van der Waals surface area contributed by atoms with Crippen molar-refractivity contribution in [2.45, 2.75) is 13.0 Å². The zero-order valence-corrected chi connectivity index (χ0v) is 11.1. The molecule has 3 rings (SSSR count). The van der Waals surface area contributed by atoms with E-state index in [4.69, 9.17) is 9.47 Å². The fourth-order valence-corrected chi connectivity index (χ4v) is 2.54. The molecule has 0 aliphatic carbocycles. The van der Waals surface area contributed by atoms with Gasteiger partial charge < -0.3 is 14.4 Å². The van der Waals surface area contributed by atoms with E-state index in [1.807, 2.05) is 0 Å². The average molecular weight is 248 g/mol. The van der Waals surface area contributed by atoms with E-state index in [0.29, 0.717) is 6.79 Å². The number of rotatable bonds is 3. The Labute approximate surface area is 108 Å². The quantitative estimate of drug-likeness (QED) is 0.806. The molecule has 98 valence electrons. The van der Waals surface area contributed by atoms with E-state index < -0.39 is 0 Å². The normalized spacial score (nSPS) is 18.2. The molecule has 0 unspecified atom stereocenters. The Morgan fingerprint density at radius 2 is 1.89 bits per heavy atom. The highest BCUT2D eigenvalue weighted by atomic mass is 16.7. The third kappa shape index (κ3) is 2.31. The highest BCUT2D eigenvalue weighted by Crippen LogP contribution is 2.36. The summed E-state index contributed by atoms with van der Waals surface area (Å²) in [6.07, 6.45) is 1.11. The second-order valence-electron chi connectivity index (χ2n) is 5.30. The predicted molar refractivity (Wildman–Crippen MR) is 70.1 cm³/mol. The van der Waals surface area contributed by atoms with Gasteiger partial charge in [0.15, 0.2) is 11.5 Å². The standard InChI is InChI=1S/C14H20N2O2/c1-15(2)5-6-16-4-3-11-7-13-14(18-10-17-13)8-12(11)9-16/h7-8H,3-6,9-10H2,1-2H3. The molecule has 1 aromatic carbocycles. The molecule has 0 aromatic heterocycles. The van der Waals surface area contributed by atoms with Crippen LogP contribution in [0, 0.1) is 0 Å². The van der Waals surface area contributed by atoms with Gasteiger partial charge in [-0.25, -0.2) is 0 Å². The summed E-state index contributed by atoms with van der Waals surface area (Å²) in [5, 5.41) is 0. The Kier molecular flexibility index (Phi) is 3.14. The van der Waals surface area contributed by atoms with Gasteiger partial charge in [0.1, 0.15) is 0 Å². The van der Waals surface area contributed by atoms with Crippen molar-refractivity contribution in [3.05, 3.63) is 23.3 Å². The van der Waals surface area contributed by atoms with Crippen molar-refractivity contribution in [3.8, 4) is 11.5 Å². The second-order valence-corrected chi connectivity index (χ2v) is 5.30. The molecule has 18 heavy (non-hydrogen) atoms. The molecule has 0 radical (unpaired) electrons. The largest absolute Gasteiger partial charge is 0.454 e. The maximum Gasteiger partial charge on any atom is 0.231 e. The molecular weight excluding hydrogens is 228 g/mol. The van der Waals surface area contributed by atoms with Crippen molar-refractivity contribution in [2.75, 3.05) is 40.5 Å². The zero-order valence-electron chi connectivity index (χ0n) is 11.1. The average Bonchev–Trinajstić information content (AvgIpc) is 2.80. The minimum absolute atomic E-state index is 0.364. The summed E-state index contributed by atoms with van der Waals surface area (Å²) < 4.78 is 10.9. The van der Waals surface area contributed by atoms with Crippen LogP contribution in [0.5, 0.6) is 11.5 Å². The number of likely N-dealkylation sites (N-methyl/N-ethyl adjacent to an activating group) is 1. The van der Waals surface area contributed by atoms with Gasteiger partial charge in [0.05, 0.1) is 0 Å². The van der Waals surface area contributed by atoms with E-state index in [1.165, 1.54) is 11.1 Å². The second kappa shape index (κ2) is 4.78. The van der Waals surface area contributed by atoms with Crippen LogP contribution in [0.2, 0.25) is 0 Å². The zero-order chi connectivity index (χ0) is 12.5. The summed E-state index contributed by atoms with van der Waals surface area (Å²) in [6, 6.07) is 4.31. The summed E-state index contributed by atoms with van der Waals surface area (Å²) >= 11 is 0. The van der Waals surface area contributed by atoms with Crippen molar-refractivity contribution < 1.29 is 9.47 Å². The molecule has 2 heterocycles. The van der Waals surface area contributed by atoms with Gasteiger partial charge in [-0.15, -0.1) is 0 Å². The number of fused-ring (bicyclic) bond motifs is 2. The van der Waals surface area contributed by atoms with Gasteiger partial charge in [-0.1, -0.05) is 0 Å². The SMILES string of the molecule is CN(C)CCN1CCc2cc3c(cc2C1)OCO3. The monoisotopic (exact) mass is 248 g/mol. The summed E-state index contributed by atoms with van der Waals surface area (Å²) in [4.78, 5) is 4.74. The molecule has 0 spiro atoms. The first kappa shape index (κ1) is 11.8. The lowest BCUT2D eigenvalue weighted by atomic mass is 9.99. The Bertz CT molecular complexity index is 446. The Morgan fingerprint density at radius 1 is 1.17 bits per heavy atom.